The predicted octanol–water partition coefficient (Wildman–Crippen LogP) is 1.79. The number of esters is 1. The Morgan fingerprint density at radius 1 is 1.55 bits per heavy atom. The Kier molecular flexibility index (Phi) is 5.25. The lowest BCUT2D eigenvalue weighted by molar-refractivity contribution is -0.138. The third-order valence-electron chi connectivity index (χ3n) is 1.21. The summed E-state index contributed by atoms with van der Waals surface area (Å²) in [4.78, 5) is 10.9. The van der Waals surface area contributed by atoms with E-state index in [1.165, 1.54) is 0 Å². The number of carbonyl (C=O) groups excluding carboxylic acids is 1. The molecule has 64 valence electrons. The van der Waals surface area contributed by atoms with E-state index in [9.17, 15) is 4.79 Å². The Balaban J connectivity index is 3.94. The second kappa shape index (κ2) is 5.77. The van der Waals surface area contributed by atoms with Crippen molar-refractivity contribution in [1.82, 2.24) is 0 Å². The van der Waals surface area contributed by atoms with Gasteiger partial charge in [0.25, 0.3) is 0 Å². The van der Waals surface area contributed by atoms with Gasteiger partial charge < -0.3 is 9.84 Å². The molecule has 3 heteroatoms. The minimum absolute atomic E-state index is 0.342. The highest BCUT2D eigenvalue weighted by atomic mass is 16.5. The lowest BCUT2D eigenvalue weighted by Crippen LogP contribution is -2.07. The zero-order chi connectivity index (χ0) is 8.69. The van der Waals surface area contributed by atoms with Gasteiger partial charge in [-0.25, -0.2) is 4.79 Å². The Morgan fingerprint density at radius 3 is 2.55 bits per heavy atom. The summed E-state index contributed by atoms with van der Waals surface area (Å²) in [5, 5.41) is 8.59. The molecule has 0 bridgehead atoms. The van der Waals surface area contributed by atoms with E-state index in [4.69, 9.17) is 5.11 Å². The van der Waals surface area contributed by atoms with Gasteiger partial charge in [-0.2, -0.15) is 0 Å². The average Bonchev–Trinajstić information content (AvgIpc) is 2.00. The molecule has 0 amide bonds. The molecule has 0 atom stereocenters. The van der Waals surface area contributed by atoms with E-state index in [2.05, 4.69) is 4.74 Å². The predicted molar refractivity (Wildman–Crippen MR) is 42.3 cm³/mol. The molecule has 0 spiro atoms. The molecule has 0 saturated heterocycles. The number of ether oxygens (including phenoxy) is 1. The Labute approximate surface area is 66.7 Å². The summed E-state index contributed by atoms with van der Waals surface area (Å²) in [6.07, 6.45) is 2.21. The van der Waals surface area contributed by atoms with Crippen molar-refractivity contribution < 1.29 is 14.6 Å². The standard InChI is InChI=1S/C8H14O3/c1-3-5-7(6-9)8(10)11-4-2/h6,9H,3-5H2,1-2H3/b7-6+. The van der Waals surface area contributed by atoms with Gasteiger partial charge in [-0.3, -0.25) is 0 Å². The van der Waals surface area contributed by atoms with E-state index in [0.29, 0.717) is 18.6 Å². The van der Waals surface area contributed by atoms with Crippen molar-refractivity contribution >= 4 is 5.97 Å². The molecule has 0 heterocycles. The number of carbonyl (C=O) groups is 1. The molecule has 0 aromatic heterocycles. The van der Waals surface area contributed by atoms with Gasteiger partial charge in [-0.05, 0) is 13.3 Å². The highest BCUT2D eigenvalue weighted by molar-refractivity contribution is 5.87. The maximum Gasteiger partial charge on any atom is 0.337 e. The van der Waals surface area contributed by atoms with E-state index in [1.54, 1.807) is 6.92 Å². The van der Waals surface area contributed by atoms with E-state index < -0.39 is 5.97 Å². The second-order valence-electron chi connectivity index (χ2n) is 2.12. The molecule has 0 radical (unpaired) electrons. The molecule has 1 N–H and O–H groups in total. The molecule has 0 aromatic carbocycles. The van der Waals surface area contributed by atoms with Crippen LogP contribution in [0.2, 0.25) is 0 Å². The fourth-order valence-electron chi connectivity index (χ4n) is 0.712. The van der Waals surface area contributed by atoms with Crippen LogP contribution in [0.25, 0.3) is 0 Å². The molecule has 11 heavy (non-hydrogen) atoms. The van der Waals surface area contributed by atoms with E-state index in [0.717, 1.165) is 12.7 Å². The maximum atomic E-state index is 10.9. The summed E-state index contributed by atoms with van der Waals surface area (Å²) in [6, 6.07) is 0. The minimum Gasteiger partial charge on any atom is -0.515 e. The number of rotatable bonds is 4. The van der Waals surface area contributed by atoms with Crippen molar-refractivity contribution in [2.24, 2.45) is 0 Å². The summed E-state index contributed by atoms with van der Waals surface area (Å²) < 4.78 is 4.68. The van der Waals surface area contributed by atoms with Crippen LogP contribution in [0, 0.1) is 0 Å². The molecule has 0 aliphatic carbocycles. The van der Waals surface area contributed by atoms with Crippen molar-refractivity contribution in [3.8, 4) is 0 Å². The van der Waals surface area contributed by atoms with Crippen molar-refractivity contribution in [3.63, 3.8) is 0 Å². The Hall–Kier alpha value is -0.990. The number of hydrogen-bond donors (Lipinski definition) is 1. The second-order valence-corrected chi connectivity index (χ2v) is 2.12. The third kappa shape index (κ3) is 3.65. The first-order valence-electron chi connectivity index (χ1n) is 3.76. The summed E-state index contributed by atoms with van der Waals surface area (Å²) in [5.74, 6) is -0.420. The van der Waals surface area contributed by atoms with Crippen LogP contribution in [0.15, 0.2) is 11.8 Å². The van der Waals surface area contributed by atoms with Crippen molar-refractivity contribution in [2.75, 3.05) is 6.61 Å². The number of aliphatic hydroxyl groups excluding tert-OH is 1. The van der Waals surface area contributed by atoms with Crippen LogP contribution < -0.4 is 0 Å². The van der Waals surface area contributed by atoms with Crippen LogP contribution in [0.1, 0.15) is 26.7 Å². The summed E-state index contributed by atoms with van der Waals surface area (Å²) in [6.45, 7) is 4.02. The maximum absolute atomic E-state index is 10.9. The fraction of sp³-hybridized carbons (Fsp3) is 0.625. The first-order chi connectivity index (χ1) is 5.26. The first-order valence-corrected chi connectivity index (χ1v) is 3.76. The largest absolute Gasteiger partial charge is 0.515 e. The van der Waals surface area contributed by atoms with Crippen LogP contribution in [0.3, 0.4) is 0 Å². The van der Waals surface area contributed by atoms with Gasteiger partial charge in [0, 0.05) is 0 Å². The SMILES string of the molecule is CCC/C(=C\O)C(=O)OCC. The van der Waals surface area contributed by atoms with E-state index in [-0.39, 0.29) is 0 Å². The lowest BCUT2D eigenvalue weighted by Gasteiger charge is -2.02. The zero-order valence-corrected chi connectivity index (χ0v) is 6.96. The molecule has 0 aliphatic rings. The molecule has 0 aliphatic heterocycles. The molecule has 0 saturated carbocycles. The van der Waals surface area contributed by atoms with Gasteiger partial charge in [0.15, 0.2) is 0 Å². The summed E-state index contributed by atoms with van der Waals surface area (Å²) >= 11 is 0. The Bertz CT molecular complexity index is 149. The van der Waals surface area contributed by atoms with Crippen LogP contribution in [-0.2, 0) is 9.53 Å². The van der Waals surface area contributed by atoms with Crippen LogP contribution >= 0.6 is 0 Å². The molecular weight excluding hydrogens is 144 g/mol. The average molecular weight is 158 g/mol. The van der Waals surface area contributed by atoms with Gasteiger partial charge in [0.05, 0.1) is 18.4 Å². The van der Waals surface area contributed by atoms with Gasteiger partial charge >= 0.3 is 5.97 Å². The topological polar surface area (TPSA) is 46.5 Å². The zero-order valence-electron chi connectivity index (χ0n) is 6.96. The first kappa shape index (κ1) is 10.0. The molecule has 0 aromatic rings. The molecule has 0 unspecified atom stereocenters. The van der Waals surface area contributed by atoms with Crippen molar-refractivity contribution in [3.05, 3.63) is 11.8 Å². The Morgan fingerprint density at radius 2 is 2.18 bits per heavy atom. The number of hydrogen-bond acceptors (Lipinski definition) is 3. The minimum atomic E-state index is -0.420. The fourth-order valence-corrected chi connectivity index (χ4v) is 0.712. The highest BCUT2D eigenvalue weighted by Gasteiger charge is 2.08. The van der Waals surface area contributed by atoms with Gasteiger partial charge in [0.2, 0.25) is 0 Å². The molecule has 3 nitrogen and oxygen atoms in total. The van der Waals surface area contributed by atoms with Crippen LogP contribution in [0.4, 0.5) is 0 Å². The summed E-state index contributed by atoms with van der Waals surface area (Å²) in [5.41, 5.74) is 0.342. The highest BCUT2D eigenvalue weighted by Crippen LogP contribution is 2.05. The lowest BCUT2D eigenvalue weighted by atomic mass is 10.2. The molecule has 0 fully saturated rings. The third-order valence-corrected chi connectivity index (χ3v) is 1.21. The van der Waals surface area contributed by atoms with E-state index in [1.807, 2.05) is 6.92 Å². The monoisotopic (exact) mass is 158 g/mol. The van der Waals surface area contributed by atoms with Crippen LogP contribution in [0.5, 0.6) is 0 Å². The van der Waals surface area contributed by atoms with E-state index >= 15 is 0 Å². The van der Waals surface area contributed by atoms with Crippen molar-refractivity contribution in [1.29, 1.82) is 0 Å². The quantitative estimate of drug-likeness (QED) is 0.385. The number of aliphatic hydroxyl groups is 1. The normalized spacial score (nSPS) is 11.3. The van der Waals surface area contributed by atoms with Gasteiger partial charge in [-0.1, -0.05) is 13.3 Å². The van der Waals surface area contributed by atoms with Gasteiger partial charge in [-0.15, -0.1) is 0 Å². The van der Waals surface area contributed by atoms with Crippen molar-refractivity contribution in [2.45, 2.75) is 26.7 Å². The molecule has 0 rings (SSSR count). The van der Waals surface area contributed by atoms with Gasteiger partial charge in [0.1, 0.15) is 0 Å². The summed E-state index contributed by atoms with van der Waals surface area (Å²) in [7, 11) is 0. The smallest absolute Gasteiger partial charge is 0.337 e. The molecular formula is C8H14O3. The van der Waals surface area contributed by atoms with Crippen LogP contribution in [-0.4, -0.2) is 17.7 Å².